The SMILES string of the molecule is CC/C=C1/Oc2ccc(Br)cc2C(=O)C1=NC. The molecule has 0 saturated carbocycles. The fourth-order valence-electron chi connectivity index (χ4n) is 1.71. The van der Waals surface area contributed by atoms with Gasteiger partial charge in [-0.05, 0) is 30.7 Å². The maximum absolute atomic E-state index is 12.2. The fourth-order valence-corrected chi connectivity index (χ4v) is 2.07. The minimum Gasteiger partial charge on any atom is -0.455 e. The second-order valence-electron chi connectivity index (χ2n) is 3.62. The van der Waals surface area contributed by atoms with Crippen molar-refractivity contribution in [1.82, 2.24) is 0 Å². The lowest BCUT2D eigenvalue weighted by molar-refractivity contribution is 0.105. The first-order valence-corrected chi connectivity index (χ1v) is 6.16. The first-order chi connectivity index (χ1) is 8.17. The van der Waals surface area contributed by atoms with Crippen LogP contribution in [0.1, 0.15) is 23.7 Å². The lowest BCUT2D eigenvalue weighted by Gasteiger charge is -2.20. The molecular formula is C13H12BrNO2. The Kier molecular flexibility index (Phi) is 3.43. The number of Topliss-reactive ketones (excluding diaryl/α,β-unsaturated/α-hetero) is 1. The number of hydrogen-bond donors (Lipinski definition) is 0. The number of carbonyl (C=O) groups excluding carboxylic acids is 1. The number of ether oxygens (including phenoxy) is 1. The van der Waals surface area contributed by atoms with Gasteiger partial charge < -0.3 is 4.74 Å². The zero-order valence-electron chi connectivity index (χ0n) is 9.66. The van der Waals surface area contributed by atoms with Crippen LogP contribution in [-0.4, -0.2) is 18.5 Å². The number of ketones is 1. The number of benzene rings is 1. The van der Waals surface area contributed by atoms with Crippen molar-refractivity contribution in [1.29, 1.82) is 0 Å². The van der Waals surface area contributed by atoms with E-state index >= 15 is 0 Å². The Labute approximate surface area is 108 Å². The molecule has 1 aliphatic heterocycles. The molecule has 0 radical (unpaired) electrons. The largest absolute Gasteiger partial charge is 0.455 e. The number of carbonyl (C=O) groups is 1. The Morgan fingerprint density at radius 3 is 2.88 bits per heavy atom. The lowest BCUT2D eigenvalue weighted by atomic mass is 10.0. The van der Waals surface area contributed by atoms with Crippen LogP contribution in [0.5, 0.6) is 5.75 Å². The van der Waals surface area contributed by atoms with Crippen LogP contribution >= 0.6 is 15.9 Å². The van der Waals surface area contributed by atoms with Gasteiger partial charge in [-0.3, -0.25) is 9.79 Å². The van der Waals surface area contributed by atoms with Crippen molar-refractivity contribution < 1.29 is 9.53 Å². The first-order valence-electron chi connectivity index (χ1n) is 5.36. The smallest absolute Gasteiger partial charge is 0.218 e. The van der Waals surface area contributed by atoms with Crippen molar-refractivity contribution in [2.75, 3.05) is 7.05 Å². The standard InChI is InChI=1S/C13H12BrNO2/c1-3-4-11-12(15-2)13(16)9-7-8(14)5-6-10(9)17-11/h4-7H,3H2,1-2H3/b11-4+,15-12?. The molecule has 2 rings (SSSR count). The van der Waals surface area contributed by atoms with Crippen LogP contribution in [0.2, 0.25) is 0 Å². The van der Waals surface area contributed by atoms with Gasteiger partial charge in [0, 0.05) is 11.5 Å². The number of halogens is 1. The predicted molar refractivity (Wildman–Crippen MR) is 70.8 cm³/mol. The Morgan fingerprint density at radius 1 is 1.47 bits per heavy atom. The molecule has 0 spiro atoms. The summed E-state index contributed by atoms with van der Waals surface area (Å²) in [6, 6.07) is 5.39. The molecule has 0 fully saturated rings. The summed E-state index contributed by atoms with van der Waals surface area (Å²) in [6.07, 6.45) is 2.67. The van der Waals surface area contributed by atoms with Crippen LogP contribution in [0.3, 0.4) is 0 Å². The summed E-state index contributed by atoms with van der Waals surface area (Å²) in [7, 11) is 1.60. The van der Waals surface area contributed by atoms with Crippen LogP contribution in [-0.2, 0) is 0 Å². The maximum Gasteiger partial charge on any atom is 0.218 e. The van der Waals surface area contributed by atoms with E-state index in [1.165, 1.54) is 0 Å². The zero-order valence-corrected chi connectivity index (χ0v) is 11.2. The van der Waals surface area contributed by atoms with E-state index < -0.39 is 0 Å². The summed E-state index contributed by atoms with van der Waals surface area (Å²) in [4.78, 5) is 16.2. The van der Waals surface area contributed by atoms with Gasteiger partial charge in [0.15, 0.2) is 5.76 Å². The highest BCUT2D eigenvalue weighted by molar-refractivity contribution is 9.10. The highest BCUT2D eigenvalue weighted by atomic mass is 79.9. The average Bonchev–Trinajstić information content (AvgIpc) is 2.31. The molecule has 17 heavy (non-hydrogen) atoms. The molecule has 1 aliphatic rings. The zero-order chi connectivity index (χ0) is 12.4. The predicted octanol–water partition coefficient (Wildman–Crippen LogP) is 3.39. The minimum atomic E-state index is -0.0882. The number of fused-ring (bicyclic) bond motifs is 1. The van der Waals surface area contributed by atoms with Crippen molar-refractivity contribution in [3.05, 3.63) is 40.1 Å². The van der Waals surface area contributed by atoms with Gasteiger partial charge in [-0.15, -0.1) is 0 Å². The molecule has 0 aromatic heterocycles. The number of rotatable bonds is 1. The minimum absolute atomic E-state index is 0.0882. The summed E-state index contributed by atoms with van der Waals surface area (Å²) in [5, 5.41) is 0. The van der Waals surface area contributed by atoms with Gasteiger partial charge in [-0.2, -0.15) is 0 Å². The molecular weight excluding hydrogens is 282 g/mol. The van der Waals surface area contributed by atoms with Crippen molar-refractivity contribution in [3.8, 4) is 5.75 Å². The van der Waals surface area contributed by atoms with E-state index in [-0.39, 0.29) is 5.78 Å². The summed E-state index contributed by atoms with van der Waals surface area (Å²) < 4.78 is 6.54. The van der Waals surface area contributed by atoms with Gasteiger partial charge in [0.1, 0.15) is 11.5 Å². The maximum atomic E-state index is 12.2. The van der Waals surface area contributed by atoms with Crippen molar-refractivity contribution in [2.24, 2.45) is 4.99 Å². The van der Waals surface area contributed by atoms with Gasteiger partial charge in [0.05, 0.1) is 5.56 Å². The topological polar surface area (TPSA) is 38.7 Å². The van der Waals surface area contributed by atoms with E-state index in [0.717, 1.165) is 10.9 Å². The van der Waals surface area contributed by atoms with Gasteiger partial charge >= 0.3 is 0 Å². The van der Waals surface area contributed by atoms with Crippen molar-refractivity contribution in [2.45, 2.75) is 13.3 Å². The first kappa shape index (κ1) is 12.0. The number of hydrogen-bond acceptors (Lipinski definition) is 3. The molecule has 1 aromatic rings. The summed E-state index contributed by atoms with van der Waals surface area (Å²) >= 11 is 3.34. The Hall–Kier alpha value is -1.42. The van der Waals surface area contributed by atoms with Crippen LogP contribution in [0.25, 0.3) is 0 Å². The Morgan fingerprint density at radius 2 is 2.24 bits per heavy atom. The number of nitrogens with zero attached hydrogens (tertiary/aromatic N) is 1. The van der Waals surface area contributed by atoms with E-state index in [2.05, 4.69) is 20.9 Å². The molecule has 0 unspecified atom stereocenters. The second kappa shape index (κ2) is 4.84. The summed E-state index contributed by atoms with van der Waals surface area (Å²) in [5.74, 6) is 1.05. The van der Waals surface area contributed by atoms with Gasteiger partial charge in [0.25, 0.3) is 0 Å². The van der Waals surface area contributed by atoms with Crippen LogP contribution in [0.15, 0.2) is 39.5 Å². The molecule has 0 N–H and O–H groups in total. The quantitative estimate of drug-likeness (QED) is 0.796. The van der Waals surface area contributed by atoms with E-state index in [1.54, 1.807) is 19.2 Å². The molecule has 0 bridgehead atoms. The van der Waals surface area contributed by atoms with Crippen LogP contribution < -0.4 is 4.74 Å². The van der Waals surface area contributed by atoms with E-state index in [0.29, 0.717) is 22.8 Å². The van der Waals surface area contributed by atoms with Gasteiger partial charge in [-0.1, -0.05) is 22.9 Å². The molecule has 0 saturated heterocycles. The number of aliphatic imine (C=N–C) groups is 1. The third-order valence-corrected chi connectivity index (χ3v) is 2.96. The molecule has 88 valence electrons. The van der Waals surface area contributed by atoms with Crippen molar-refractivity contribution >= 4 is 27.4 Å². The van der Waals surface area contributed by atoms with E-state index in [9.17, 15) is 4.79 Å². The summed E-state index contributed by atoms with van der Waals surface area (Å²) in [6.45, 7) is 1.99. The van der Waals surface area contributed by atoms with Gasteiger partial charge in [0.2, 0.25) is 5.78 Å². The van der Waals surface area contributed by atoms with E-state index in [1.807, 2.05) is 19.1 Å². The van der Waals surface area contributed by atoms with Crippen LogP contribution in [0, 0.1) is 0 Å². The normalized spacial score (nSPS) is 19.4. The second-order valence-corrected chi connectivity index (χ2v) is 4.54. The third kappa shape index (κ3) is 2.17. The molecule has 4 heteroatoms. The summed E-state index contributed by atoms with van der Waals surface area (Å²) in [5.41, 5.74) is 0.936. The van der Waals surface area contributed by atoms with Gasteiger partial charge in [-0.25, -0.2) is 0 Å². The molecule has 3 nitrogen and oxygen atoms in total. The van der Waals surface area contributed by atoms with Crippen molar-refractivity contribution in [3.63, 3.8) is 0 Å². The molecule has 0 aliphatic carbocycles. The number of allylic oxidation sites excluding steroid dienone is 2. The molecule has 1 heterocycles. The fraction of sp³-hybridized carbons (Fsp3) is 0.231. The average molecular weight is 294 g/mol. The highest BCUT2D eigenvalue weighted by Crippen LogP contribution is 2.30. The Balaban J connectivity index is 2.57. The monoisotopic (exact) mass is 293 g/mol. The Bertz CT molecular complexity index is 532. The highest BCUT2D eigenvalue weighted by Gasteiger charge is 2.28. The molecule has 1 aromatic carbocycles. The molecule has 0 amide bonds. The van der Waals surface area contributed by atoms with E-state index in [4.69, 9.17) is 4.74 Å². The third-order valence-electron chi connectivity index (χ3n) is 2.47. The molecule has 0 atom stereocenters. The lowest BCUT2D eigenvalue weighted by Crippen LogP contribution is -2.26. The van der Waals surface area contributed by atoms with Crippen LogP contribution in [0.4, 0.5) is 0 Å².